The van der Waals surface area contributed by atoms with Gasteiger partial charge >= 0.3 is 0 Å². The van der Waals surface area contributed by atoms with E-state index in [0.717, 1.165) is 6.42 Å². The van der Waals surface area contributed by atoms with Gasteiger partial charge < -0.3 is 5.21 Å². The first-order valence-electron chi connectivity index (χ1n) is 3.55. The van der Waals surface area contributed by atoms with Crippen LogP contribution in [0.2, 0.25) is 0 Å². The Hall–Kier alpha value is -0.600. The summed E-state index contributed by atoms with van der Waals surface area (Å²) in [5.41, 5.74) is 3.49. The molecule has 0 spiro atoms. The molecule has 56 valence electrons. The van der Waals surface area contributed by atoms with Gasteiger partial charge in [0.15, 0.2) is 0 Å². The van der Waals surface area contributed by atoms with Crippen molar-refractivity contribution in [2.45, 2.75) is 13.3 Å². The summed E-state index contributed by atoms with van der Waals surface area (Å²) >= 11 is 0. The molecule has 0 aromatic carbocycles. The van der Waals surface area contributed by atoms with Crippen LogP contribution in [0, 0.1) is 5.92 Å². The molecule has 0 fully saturated rings. The normalized spacial score (nSPS) is 24.6. The van der Waals surface area contributed by atoms with E-state index in [1.807, 2.05) is 0 Å². The molecule has 10 heavy (non-hydrogen) atoms. The zero-order valence-electron chi connectivity index (χ0n) is 6.17. The van der Waals surface area contributed by atoms with Crippen molar-refractivity contribution >= 4 is 0 Å². The Balaban J connectivity index is 2.37. The third-order valence-corrected chi connectivity index (χ3v) is 1.73. The highest BCUT2D eigenvalue weighted by atomic mass is 16.5. The Morgan fingerprint density at radius 3 is 3.10 bits per heavy atom. The van der Waals surface area contributed by atoms with E-state index in [9.17, 15) is 0 Å². The highest BCUT2D eigenvalue weighted by molar-refractivity contribution is 5.21. The average Bonchev–Trinajstić information content (AvgIpc) is 1.95. The summed E-state index contributed by atoms with van der Waals surface area (Å²) in [6.45, 7) is 2.74. The monoisotopic (exact) mass is 139 g/mol. The molecule has 1 aliphatic rings. The van der Waals surface area contributed by atoms with Crippen molar-refractivity contribution < 1.29 is 5.21 Å². The average molecular weight is 139 g/mol. The van der Waals surface area contributed by atoms with Crippen molar-refractivity contribution in [3.05, 3.63) is 23.8 Å². The smallest absolute Gasteiger partial charge is 0.0273 e. The predicted octanol–water partition coefficient (Wildman–Crippen LogP) is 1.49. The third-order valence-electron chi connectivity index (χ3n) is 1.73. The molecule has 0 aliphatic heterocycles. The van der Waals surface area contributed by atoms with Gasteiger partial charge in [0, 0.05) is 6.54 Å². The maximum absolute atomic E-state index is 8.38. The van der Waals surface area contributed by atoms with Gasteiger partial charge in [-0.3, -0.25) is 0 Å². The molecule has 1 unspecified atom stereocenters. The minimum absolute atomic E-state index is 0.466. The van der Waals surface area contributed by atoms with Gasteiger partial charge in [-0.2, -0.15) is 0 Å². The second-order valence-corrected chi connectivity index (χ2v) is 2.67. The van der Waals surface area contributed by atoms with E-state index < -0.39 is 0 Å². The van der Waals surface area contributed by atoms with Crippen molar-refractivity contribution in [1.82, 2.24) is 5.48 Å². The van der Waals surface area contributed by atoms with Crippen LogP contribution < -0.4 is 5.48 Å². The van der Waals surface area contributed by atoms with Crippen molar-refractivity contribution in [1.29, 1.82) is 0 Å². The largest absolute Gasteiger partial charge is 0.317 e. The molecule has 0 aromatic rings. The van der Waals surface area contributed by atoms with Crippen molar-refractivity contribution in [2.24, 2.45) is 5.92 Å². The van der Waals surface area contributed by atoms with Gasteiger partial charge in [-0.1, -0.05) is 23.8 Å². The van der Waals surface area contributed by atoms with Crippen molar-refractivity contribution in [2.75, 3.05) is 6.54 Å². The first-order valence-corrected chi connectivity index (χ1v) is 3.55. The molecule has 0 amide bonds. The molecule has 0 radical (unpaired) electrons. The van der Waals surface area contributed by atoms with Crippen LogP contribution in [-0.4, -0.2) is 11.8 Å². The summed E-state index contributed by atoms with van der Waals surface area (Å²) in [5.74, 6) is 0.466. The second kappa shape index (κ2) is 3.54. The van der Waals surface area contributed by atoms with Crippen LogP contribution in [0.4, 0.5) is 0 Å². The van der Waals surface area contributed by atoms with Crippen LogP contribution in [0.15, 0.2) is 23.8 Å². The topological polar surface area (TPSA) is 32.3 Å². The van der Waals surface area contributed by atoms with Crippen molar-refractivity contribution in [3.8, 4) is 0 Å². The van der Waals surface area contributed by atoms with Crippen LogP contribution in [-0.2, 0) is 0 Å². The van der Waals surface area contributed by atoms with Gasteiger partial charge in [0.1, 0.15) is 0 Å². The quantitative estimate of drug-likeness (QED) is 0.568. The van der Waals surface area contributed by atoms with E-state index in [2.05, 4.69) is 30.6 Å². The van der Waals surface area contributed by atoms with Crippen LogP contribution in [0.3, 0.4) is 0 Å². The number of nitrogens with one attached hydrogen (secondary N) is 1. The van der Waals surface area contributed by atoms with E-state index >= 15 is 0 Å². The summed E-state index contributed by atoms with van der Waals surface area (Å²) in [4.78, 5) is 0. The molecule has 0 saturated heterocycles. The van der Waals surface area contributed by atoms with Crippen LogP contribution in [0.25, 0.3) is 0 Å². The summed E-state index contributed by atoms with van der Waals surface area (Å²) in [6, 6.07) is 0. The lowest BCUT2D eigenvalue weighted by Gasteiger charge is -2.12. The molecular formula is C8H13NO. The molecule has 2 nitrogen and oxygen atoms in total. The summed E-state index contributed by atoms with van der Waals surface area (Å²) in [5, 5.41) is 8.38. The first kappa shape index (κ1) is 7.51. The Labute approximate surface area is 61.2 Å². The molecule has 1 rings (SSSR count). The molecule has 0 bridgehead atoms. The Kier molecular flexibility index (Phi) is 2.66. The predicted molar refractivity (Wildman–Crippen MR) is 40.8 cm³/mol. The van der Waals surface area contributed by atoms with Crippen LogP contribution in [0.5, 0.6) is 0 Å². The molecular weight excluding hydrogens is 126 g/mol. The van der Waals surface area contributed by atoms with E-state index in [1.165, 1.54) is 5.57 Å². The van der Waals surface area contributed by atoms with E-state index in [1.54, 1.807) is 0 Å². The molecule has 2 N–H and O–H groups in total. The molecule has 0 heterocycles. The van der Waals surface area contributed by atoms with E-state index in [4.69, 9.17) is 5.21 Å². The molecule has 2 heteroatoms. The SMILES string of the molecule is CC1=CCC(CNO)C=C1. The highest BCUT2D eigenvalue weighted by Gasteiger charge is 2.04. The number of rotatable bonds is 2. The summed E-state index contributed by atoms with van der Waals surface area (Å²) in [7, 11) is 0. The number of allylic oxidation sites excluding steroid dienone is 3. The third kappa shape index (κ3) is 1.97. The van der Waals surface area contributed by atoms with Gasteiger partial charge in [-0.05, 0) is 19.3 Å². The zero-order valence-corrected chi connectivity index (χ0v) is 6.17. The maximum atomic E-state index is 8.38. The summed E-state index contributed by atoms with van der Waals surface area (Å²) < 4.78 is 0. The Bertz CT molecular complexity index is 161. The van der Waals surface area contributed by atoms with Gasteiger partial charge in [-0.15, -0.1) is 0 Å². The fourth-order valence-electron chi connectivity index (χ4n) is 1.04. The highest BCUT2D eigenvalue weighted by Crippen LogP contribution is 2.14. The van der Waals surface area contributed by atoms with Crippen molar-refractivity contribution in [3.63, 3.8) is 0 Å². The molecule has 0 aromatic heterocycles. The molecule has 0 saturated carbocycles. The Morgan fingerprint density at radius 2 is 2.60 bits per heavy atom. The maximum Gasteiger partial charge on any atom is 0.0273 e. The van der Waals surface area contributed by atoms with Gasteiger partial charge in [0.25, 0.3) is 0 Å². The zero-order chi connectivity index (χ0) is 7.40. The van der Waals surface area contributed by atoms with Gasteiger partial charge in [0.2, 0.25) is 0 Å². The second-order valence-electron chi connectivity index (χ2n) is 2.67. The van der Waals surface area contributed by atoms with E-state index in [0.29, 0.717) is 12.5 Å². The van der Waals surface area contributed by atoms with E-state index in [-0.39, 0.29) is 0 Å². The lowest BCUT2D eigenvalue weighted by Crippen LogP contribution is -2.18. The summed E-state index contributed by atoms with van der Waals surface area (Å²) in [6.07, 6.45) is 7.43. The fraction of sp³-hybridized carbons (Fsp3) is 0.500. The lowest BCUT2D eigenvalue weighted by atomic mass is 9.98. The number of hydrogen-bond acceptors (Lipinski definition) is 2. The Morgan fingerprint density at radius 1 is 1.80 bits per heavy atom. The van der Waals surface area contributed by atoms with Crippen LogP contribution >= 0.6 is 0 Å². The molecule has 1 atom stereocenters. The molecule has 1 aliphatic carbocycles. The first-order chi connectivity index (χ1) is 4.83. The number of hydrogen-bond donors (Lipinski definition) is 2. The van der Waals surface area contributed by atoms with Gasteiger partial charge in [-0.25, -0.2) is 5.48 Å². The standard InChI is InChI=1S/C8H13NO/c1-7-2-4-8(5-3-7)6-9-10/h2-4,8-10H,5-6H2,1H3. The van der Waals surface area contributed by atoms with Gasteiger partial charge in [0.05, 0.1) is 0 Å². The fourth-order valence-corrected chi connectivity index (χ4v) is 1.04. The lowest BCUT2D eigenvalue weighted by molar-refractivity contribution is 0.156. The minimum Gasteiger partial charge on any atom is -0.317 e. The van der Waals surface area contributed by atoms with Crippen LogP contribution in [0.1, 0.15) is 13.3 Å². The minimum atomic E-state index is 0.466. The number of hydroxylamine groups is 1.